The van der Waals surface area contributed by atoms with Crippen molar-refractivity contribution in [3.05, 3.63) is 30.6 Å². The summed E-state index contributed by atoms with van der Waals surface area (Å²) >= 11 is 0. The lowest BCUT2D eigenvalue weighted by atomic mass is 9.94. The Balaban J connectivity index is 2.03. The summed E-state index contributed by atoms with van der Waals surface area (Å²) in [7, 11) is 0. The van der Waals surface area contributed by atoms with Crippen molar-refractivity contribution in [1.29, 1.82) is 0 Å². The van der Waals surface area contributed by atoms with Crippen molar-refractivity contribution in [2.75, 3.05) is 13.1 Å². The van der Waals surface area contributed by atoms with Gasteiger partial charge in [-0.05, 0) is 30.9 Å². The molecule has 0 saturated carbocycles. The molecule has 1 aliphatic heterocycles. The fourth-order valence-corrected chi connectivity index (χ4v) is 1.96. The molecule has 0 aliphatic carbocycles. The van der Waals surface area contributed by atoms with Crippen molar-refractivity contribution < 1.29 is 0 Å². The second kappa shape index (κ2) is 4.42. The molecule has 1 aromatic rings. The lowest BCUT2D eigenvalue weighted by Gasteiger charge is -2.21. The third-order valence-electron chi connectivity index (χ3n) is 2.74. The van der Waals surface area contributed by atoms with Crippen LogP contribution >= 0.6 is 0 Å². The summed E-state index contributed by atoms with van der Waals surface area (Å²) < 4.78 is 1.94. The Morgan fingerprint density at radius 2 is 2.64 bits per heavy atom. The average Bonchev–Trinajstić information content (AvgIpc) is 2.68. The van der Waals surface area contributed by atoms with Gasteiger partial charge in [0.2, 0.25) is 0 Å². The van der Waals surface area contributed by atoms with E-state index >= 15 is 0 Å². The van der Waals surface area contributed by atoms with E-state index in [1.165, 1.54) is 18.4 Å². The number of nitrogens with one attached hydrogen (secondary N) is 1. The highest BCUT2D eigenvalue weighted by molar-refractivity contribution is 5.12. The van der Waals surface area contributed by atoms with Gasteiger partial charge in [-0.25, -0.2) is 0 Å². The Morgan fingerprint density at radius 1 is 1.71 bits per heavy atom. The van der Waals surface area contributed by atoms with E-state index in [9.17, 15) is 0 Å². The summed E-state index contributed by atoms with van der Waals surface area (Å²) in [5.74, 6) is 0.655. The van der Waals surface area contributed by atoms with E-state index in [1.54, 1.807) is 0 Å². The maximum absolute atomic E-state index is 4.30. The molecule has 1 atom stereocenters. The number of allylic oxidation sites excluding steroid dienone is 1. The number of hydrogen-bond donors (Lipinski definition) is 1. The standard InChI is InChI=1S/C11H17N3/c1-2-6-14-9-11(8-13-14)10-4-3-5-12-7-10/h2,8-10,12H,1,3-7H2. The highest BCUT2D eigenvalue weighted by Gasteiger charge is 2.16. The molecular weight excluding hydrogens is 174 g/mol. The van der Waals surface area contributed by atoms with E-state index in [4.69, 9.17) is 0 Å². The van der Waals surface area contributed by atoms with Gasteiger partial charge in [-0.1, -0.05) is 6.08 Å². The maximum atomic E-state index is 4.30. The minimum absolute atomic E-state index is 0.655. The molecule has 1 aromatic heterocycles. The third kappa shape index (κ3) is 2.04. The van der Waals surface area contributed by atoms with Gasteiger partial charge in [-0.2, -0.15) is 5.10 Å². The molecule has 2 rings (SSSR count). The van der Waals surface area contributed by atoms with Crippen LogP contribution in [0.1, 0.15) is 24.3 Å². The van der Waals surface area contributed by atoms with Crippen LogP contribution in [0, 0.1) is 0 Å². The molecule has 1 aliphatic rings. The van der Waals surface area contributed by atoms with Crippen molar-refractivity contribution in [3.63, 3.8) is 0 Å². The lowest BCUT2D eigenvalue weighted by Crippen LogP contribution is -2.28. The van der Waals surface area contributed by atoms with Crippen molar-refractivity contribution >= 4 is 0 Å². The molecule has 3 nitrogen and oxygen atoms in total. The average molecular weight is 191 g/mol. The van der Waals surface area contributed by atoms with E-state index in [0.717, 1.165) is 19.6 Å². The van der Waals surface area contributed by atoms with Gasteiger partial charge in [0, 0.05) is 12.7 Å². The molecule has 1 saturated heterocycles. The quantitative estimate of drug-likeness (QED) is 0.734. The monoisotopic (exact) mass is 191 g/mol. The molecule has 2 heterocycles. The zero-order valence-electron chi connectivity index (χ0n) is 8.45. The van der Waals surface area contributed by atoms with Gasteiger partial charge < -0.3 is 5.32 Å². The number of rotatable bonds is 3. The number of aromatic nitrogens is 2. The van der Waals surface area contributed by atoms with Crippen LogP contribution in [0.4, 0.5) is 0 Å². The maximum Gasteiger partial charge on any atom is 0.0587 e. The van der Waals surface area contributed by atoms with E-state index in [0.29, 0.717) is 5.92 Å². The minimum Gasteiger partial charge on any atom is -0.316 e. The first kappa shape index (κ1) is 9.46. The molecule has 0 radical (unpaired) electrons. The Labute approximate surface area is 84.8 Å². The Bertz CT molecular complexity index is 297. The summed E-state index contributed by atoms with van der Waals surface area (Å²) in [6.07, 6.45) is 8.56. The fourth-order valence-electron chi connectivity index (χ4n) is 1.96. The summed E-state index contributed by atoms with van der Waals surface area (Å²) in [6.45, 7) is 6.77. The summed E-state index contributed by atoms with van der Waals surface area (Å²) in [5.41, 5.74) is 1.36. The number of hydrogen-bond acceptors (Lipinski definition) is 2. The normalized spacial score (nSPS) is 22.1. The van der Waals surface area contributed by atoms with Crippen LogP contribution in [0.3, 0.4) is 0 Å². The molecule has 0 aromatic carbocycles. The number of nitrogens with zero attached hydrogens (tertiary/aromatic N) is 2. The van der Waals surface area contributed by atoms with Crippen LogP contribution in [0.5, 0.6) is 0 Å². The van der Waals surface area contributed by atoms with Crippen LogP contribution < -0.4 is 5.32 Å². The van der Waals surface area contributed by atoms with Gasteiger partial charge >= 0.3 is 0 Å². The topological polar surface area (TPSA) is 29.9 Å². The van der Waals surface area contributed by atoms with Crippen LogP contribution in [0.15, 0.2) is 25.0 Å². The van der Waals surface area contributed by atoms with Crippen LogP contribution in [-0.4, -0.2) is 22.9 Å². The third-order valence-corrected chi connectivity index (χ3v) is 2.74. The first-order valence-corrected chi connectivity index (χ1v) is 5.24. The summed E-state index contributed by atoms with van der Waals surface area (Å²) in [4.78, 5) is 0. The first-order chi connectivity index (χ1) is 6.90. The van der Waals surface area contributed by atoms with Crippen molar-refractivity contribution in [3.8, 4) is 0 Å². The summed E-state index contributed by atoms with van der Waals surface area (Å²) in [6, 6.07) is 0. The molecule has 0 spiro atoms. The Kier molecular flexibility index (Phi) is 2.99. The minimum atomic E-state index is 0.655. The molecule has 1 N–H and O–H groups in total. The Hall–Kier alpha value is -1.09. The van der Waals surface area contributed by atoms with Gasteiger partial charge in [-0.3, -0.25) is 4.68 Å². The van der Waals surface area contributed by atoms with Gasteiger partial charge in [0.15, 0.2) is 0 Å². The highest BCUT2D eigenvalue weighted by atomic mass is 15.3. The molecule has 1 unspecified atom stereocenters. The second-order valence-electron chi connectivity index (χ2n) is 3.83. The number of piperidine rings is 1. The Morgan fingerprint density at radius 3 is 3.36 bits per heavy atom. The molecule has 1 fully saturated rings. The molecule has 3 heteroatoms. The largest absolute Gasteiger partial charge is 0.316 e. The van der Waals surface area contributed by atoms with Crippen LogP contribution in [0.25, 0.3) is 0 Å². The van der Waals surface area contributed by atoms with Crippen molar-refractivity contribution in [2.24, 2.45) is 0 Å². The highest BCUT2D eigenvalue weighted by Crippen LogP contribution is 2.22. The van der Waals surface area contributed by atoms with Gasteiger partial charge in [0.1, 0.15) is 0 Å². The van der Waals surface area contributed by atoms with E-state index in [2.05, 4.69) is 23.2 Å². The molecule has 0 amide bonds. The predicted octanol–water partition coefficient (Wildman–Crippen LogP) is 1.54. The summed E-state index contributed by atoms with van der Waals surface area (Å²) in [5, 5.41) is 7.72. The van der Waals surface area contributed by atoms with E-state index in [1.807, 2.05) is 17.0 Å². The van der Waals surface area contributed by atoms with Crippen LogP contribution in [-0.2, 0) is 6.54 Å². The second-order valence-corrected chi connectivity index (χ2v) is 3.83. The van der Waals surface area contributed by atoms with E-state index in [-0.39, 0.29) is 0 Å². The van der Waals surface area contributed by atoms with Crippen molar-refractivity contribution in [2.45, 2.75) is 25.3 Å². The van der Waals surface area contributed by atoms with Crippen LogP contribution in [0.2, 0.25) is 0 Å². The molecular formula is C11H17N3. The molecule has 76 valence electrons. The zero-order valence-corrected chi connectivity index (χ0v) is 8.45. The fraction of sp³-hybridized carbons (Fsp3) is 0.545. The van der Waals surface area contributed by atoms with Gasteiger partial charge in [0.05, 0.1) is 12.7 Å². The predicted molar refractivity (Wildman–Crippen MR) is 57.3 cm³/mol. The van der Waals surface area contributed by atoms with Gasteiger partial charge in [-0.15, -0.1) is 6.58 Å². The molecule has 14 heavy (non-hydrogen) atoms. The smallest absolute Gasteiger partial charge is 0.0587 e. The zero-order chi connectivity index (χ0) is 9.80. The SMILES string of the molecule is C=CCn1cc(C2CCCNC2)cn1. The van der Waals surface area contributed by atoms with Crippen molar-refractivity contribution in [1.82, 2.24) is 15.1 Å². The van der Waals surface area contributed by atoms with Gasteiger partial charge in [0.25, 0.3) is 0 Å². The van der Waals surface area contributed by atoms with E-state index < -0.39 is 0 Å². The lowest BCUT2D eigenvalue weighted by molar-refractivity contribution is 0.461. The molecule has 0 bridgehead atoms. The first-order valence-electron chi connectivity index (χ1n) is 5.24.